The van der Waals surface area contributed by atoms with E-state index in [2.05, 4.69) is 0 Å². The van der Waals surface area contributed by atoms with E-state index in [9.17, 15) is 18.0 Å². The van der Waals surface area contributed by atoms with Crippen molar-refractivity contribution in [2.45, 2.75) is 25.9 Å². The number of methoxy groups -OCH3 is 2. The summed E-state index contributed by atoms with van der Waals surface area (Å²) in [5, 5.41) is 0. The van der Waals surface area contributed by atoms with Crippen LogP contribution in [0.3, 0.4) is 0 Å². The first kappa shape index (κ1) is 20.0. The summed E-state index contributed by atoms with van der Waals surface area (Å²) in [4.78, 5) is 24.9. The van der Waals surface area contributed by atoms with Gasteiger partial charge in [0.25, 0.3) is 11.7 Å². The minimum absolute atomic E-state index is 0.0872. The van der Waals surface area contributed by atoms with Crippen LogP contribution < -0.4 is 9.47 Å². The molecule has 0 amide bonds. The van der Waals surface area contributed by atoms with E-state index in [-0.39, 0.29) is 23.7 Å². The molecular weight excluding hydrogens is 390 g/mol. The first-order valence-electron chi connectivity index (χ1n) is 8.54. The van der Waals surface area contributed by atoms with Crippen molar-refractivity contribution in [1.29, 1.82) is 0 Å². The molecule has 3 rings (SSSR count). The van der Waals surface area contributed by atoms with E-state index in [1.807, 2.05) is 0 Å². The van der Waals surface area contributed by atoms with Gasteiger partial charge in [0.15, 0.2) is 0 Å². The molecule has 0 aromatic heterocycles. The smallest absolute Gasteiger partial charge is 0.308 e. The van der Waals surface area contributed by atoms with Gasteiger partial charge in [-0.3, -0.25) is 9.59 Å². The Morgan fingerprint density at radius 1 is 1.21 bits per heavy atom. The number of ketones is 1. The molecule has 0 N–H and O–H groups in total. The number of esters is 1. The second kappa shape index (κ2) is 7.01. The highest BCUT2D eigenvalue weighted by molar-refractivity contribution is 7.89. The summed E-state index contributed by atoms with van der Waals surface area (Å²) >= 11 is 0. The third-order valence-corrected chi connectivity index (χ3v) is 6.44. The molecule has 1 aromatic carbocycles. The fourth-order valence-electron chi connectivity index (χ4n) is 3.35. The van der Waals surface area contributed by atoms with E-state index in [0.717, 1.165) is 11.2 Å². The number of Topliss-reactive ketones (excluding diaryl/α,β-unsaturated/α-hetero) is 1. The number of hydrogen-bond donors (Lipinski definition) is 0. The predicted molar refractivity (Wildman–Crippen MR) is 96.9 cm³/mol. The van der Waals surface area contributed by atoms with Crippen LogP contribution in [0.5, 0.6) is 11.5 Å². The molecule has 0 radical (unpaired) electrons. The first-order valence-corrected chi connectivity index (χ1v) is 10.1. The lowest BCUT2D eigenvalue weighted by atomic mass is 9.90. The number of carbonyl (C=O) groups excluding carboxylic acids is 2. The van der Waals surface area contributed by atoms with E-state index in [1.165, 1.54) is 21.1 Å². The fourth-order valence-corrected chi connectivity index (χ4v) is 4.85. The van der Waals surface area contributed by atoms with Crippen LogP contribution >= 0.6 is 0 Å². The lowest BCUT2D eigenvalue weighted by molar-refractivity contribution is -0.142. The zero-order chi connectivity index (χ0) is 20.7. The Bertz CT molecular complexity index is 946. The summed E-state index contributed by atoms with van der Waals surface area (Å²) in [6.07, 6.45) is 0.366. The summed E-state index contributed by atoms with van der Waals surface area (Å²) < 4.78 is 47.5. The van der Waals surface area contributed by atoms with Crippen LogP contribution in [0.1, 0.15) is 25.8 Å². The minimum atomic E-state index is -3.68. The van der Waals surface area contributed by atoms with Gasteiger partial charge in [-0.05, 0) is 25.5 Å². The Hall–Kier alpha value is -2.75. The molecule has 1 saturated heterocycles. The Labute approximate surface area is 162 Å². The van der Waals surface area contributed by atoms with Crippen LogP contribution in [0.2, 0.25) is 0 Å². The molecule has 2 aliphatic rings. The van der Waals surface area contributed by atoms with Crippen molar-refractivity contribution in [2.24, 2.45) is 0 Å². The molecule has 0 aliphatic carbocycles. The van der Waals surface area contributed by atoms with E-state index >= 15 is 0 Å². The number of ether oxygens (including phenoxy) is 4. The molecule has 1 fully saturated rings. The van der Waals surface area contributed by atoms with Gasteiger partial charge >= 0.3 is 5.97 Å². The molecule has 1 aromatic rings. The third-order valence-electron chi connectivity index (χ3n) is 4.61. The van der Waals surface area contributed by atoms with Crippen LogP contribution in [-0.2, 0) is 34.7 Å². The molecule has 0 spiro atoms. The monoisotopic (exact) mass is 411 g/mol. The highest BCUT2D eigenvalue weighted by Gasteiger charge is 2.55. The molecule has 2 aliphatic heterocycles. The normalized spacial score (nSPS) is 23.6. The van der Waals surface area contributed by atoms with Crippen molar-refractivity contribution < 1.29 is 37.0 Å². The van der Waals surface area contributed by atoms with Gasteiger partial charge in [-0.1, -0.05) is 6.07 Å². The lowest BCUT2D eigenvalue weighted by Gasteiger charge is -2.28. The van der Waals surface area contributed by atoms with E-state index in [1.54, 1.807) is 18.2 Å². The Morgan fingerprint density at radius 3 is 2.29 bits per heavy atom. The van der Waals surface area contributed by atoms with Crippen molar-refractivity contribution in [3.8, 4) is 11.5 Å². The van der Waals surface area contributed by atoms with Crippen molar-refractivity contribution in [3.63, 3.8) is 0 Å². The lowest BCUT2D eigenvalue weighted by Crippen LogP contribution is -2.33. The largest absolute Gasteiger partial charge is 0.496 e. The van der Waals surface area contributed by atoms with Gasteiger partial charge in [-0.15, -0.1) is 0 Å². The summed E-state index contributed by atoms with van der Waals surface area (Å²) in [7, 11) is -0.834. The highest BCUT2D eigenvalue weighted by atomic mass is 32.2. The van der Waals surface area contributed by atoms with E-state index in [4.69, 9.17) is 18.9 Å². The van der Waals surface area contributed by atoms with Crippen LogP contribution in [0, 0.1) is 0 Å². The maximum atomic E-state index is 13.3. The van der Waals surface area contributed by atoms with Crippen molar-refractivity contribution in [1.82, 2.24) is 4.31 Å². The first-order chi connectivity index (χ1) is 13.2. The second-order valence-electron chi connectivity index (χ2n) is 6.47. The van der Waals surface area contributed by atoms with E-state index < -0.39 is 33.1 Å². The van der Waals surface area contributed by atoms with Crippen molar-refractivity contribution in [3.05, 3.63) is 35.4 Å². The molecule has 1 atom stereocenters. The Morgan fingerprint density at radius 2 is 1.82 bits per heavy atom. The standard InChI is InChI=1S/C18H21NO8S/c1-11(20)26-15-16(21)18(2,14-12(24-3)7-5-8-13(14)25-4)27-17(15)19-9-6-10-28(19,22)23/h5,7-8H,6,9-10H2,1-4H3. The summed E-state index contributed by atoms with van der Waals surface area (Å²) in [6.45, 7) is 2.69. The van der Waals surface area contributed by atoms with Gasteiger partial charge in [0, 0.05) is 13.5 Å². The molecule has 0 bridgehead atoms. The summed E-state index contributed by atoms with van der Waals surface area (Å²) in [5.74, 6) is -1.69. The average molecular weight is 411 g/mol. The number of carbonyl (C=O) groups is 2. The molecule has 2 heterocycles. The number of nitrogens with zero attached hydrogens (tertiary/aromatic N) is 1. The quantitative estimate of drug-likeness (QED) is 0.667. The van der Waals surface area contributed by atoms with Gasteiger partial charge in [-0.25, -0.2) is 12.7 Å². The highest BCUT2D eigenvalue weighted by Crippen LogP contribution is 2.48. The van der Waals surface area contributed by atoms with Crippen molar-refractivity contribution >= 4 is 21.8 Å². The average Bonchev–Trinajstić information content (AvgIpc) is 3.12. The fraction of sp³-hybridized carbons (Fsp3) is 0.444. The topological polar surface area (TPSA) is 108 Å². The maximum absolute atomic E-state index is 13.3. The Kier molecular flexibility index (Phi) is 5.00. The van der Waals surface area contributed by atoms with Gasteiger partial charge in [0.2, 0.25) is 21.4 Å². The van der Waals surface area contributed by atoms with Gasteiger partial charge < -0.3 is 18.9 Å². The van der Waals surface area contributed by atoms with Crippen molar-refractivity contribution in [2.75, 3.05) is 26.5 Å². The minimum Gasteiger partial charge on any atom is -0.496 e. The number of benzene rings is 1. The zero-order valence-electron chi connectivity index (χ0n) is 16.0. The maximum Gasteiger partial charge on any atom is 0.308 e. The number of hydrogen-bond acceptors (Lipinski definition) is 8. The molecule has 10 heteroatoms. The molecular formula is C18H21NO8S. The van der Waals surface area contributed by atoms with Gasteiger partial charge in [0.1, 0.15) is 11.5 Å². The predicted octanol–water partition coefficient (Wildman–Crippen LogP) is 1.29. The molecule has 1 unspecified atom stereocenters. The Balaban J connectivity index is 2.17. The van der Waals surface area contributed by atoms with Gasteiger partial charge in [-0.2, -0.15) is 0 Å². The molecule has 28 heavy (non-hydrogen) atoms. The SMILES string of the molecule is COc1cccc(OC)c1C1(C)OC(N2CCCS2(=O)=O)=C(OC(C)=O)C1=O. The number of sulfonamides is 1. The van der Waals surface area contributed by atoms with Crippen LogP contribution in [0.4, 0.5) is 0 Å². The molecule has 152 valence electrons. The molecule has 9 nitrogen and oxygen atoms in total. The van der Waals surface area contributed by atoms with Crippen LogP contribution in [0.25, 0.3) is 0 Å². The summed E-state index contributed by atoms with van der Waals surface area (Å²) in [5.41, 5.74) is -1.45. The summed E-state index contributed by atoms with van der Waals surface area (Å²) in [6, 6.07) is 4.92. The van der Waals surface area contributed by atoms with Gasteiger partial charge in [0.05, 0.1) is 25.5 Å². The van der Waals surface area contributed by atoms with Crippen LogP contribution in [0.15, 0.2) is 29.8 Å². The number of rotatable bonds is 5. The second-order valence-corrected chi connectivity index (χ2v) is 8.48. The van der Waals surface area contributed by atoms with Crippen LogP contribution in [-0.4, -0.2) is 51.0 Å². The third kappa shape index (κ3) is 3.07. The molecule has 0 saturated carbocycles. The van der Waals surface area contributed by atoms with E-state index in [0.29, 0.717) is 17.9 Å². The zero-order valence-corrected chi connectivity index (χ0v) is 16.8.